The Morgan fingerprint density at radius 1 is 1.29 bits per heavy atom. The van der Waals surface area contributed by atoms with Crippen LogP contribution in [0.1, 0.15) is 18.4 Å². The van der Waals surface area contributed by atoms with Gasteiger partial charge in [0.15, 0.2) is 5.96 Å². The highest BCUT2D eigenvalue weighted by Gasteiger charge is 2.45. The van der Waals surface area contributed by atoms with E-state index in [0.717, 1.165) is 12.8 Å². The molecule has 0 spiro atoms. The Morgan fingerprint density at radius 2 is 1.95 bits per heavy atom. The molecule has 1 aromatic carbocycles. The van der Waals surface area contributed by atoms with Gasteiger partial charge < -0.3 is 10.6 Å². The lowest BCUT2D eigenvalue weighted by molar-refractivity contribution is 0.152. The summed E-state index contributed by atoms with van der Waals surface area (Å²) in [7, 11) is 1.52. The van der Waals surface area contributed by atoms with E-state index in [2.05, 4.69) is 15.6 Å². The Morgan fingerprint density at radius 3 is 2.48 bits per heavy atom. The molecule has 0 saturated heterocycles. The molecule has 2 rings (SSSR count). The maximum Gasteiger partial charge on any atom is 0.255 e. The van der Waals surface area contributed by atoms with Gasteiger partial charge in [-0.1, -0.05) is 18.2 Å². The molecule has 7 heteroatoms. The summed E-state index contributed by atoms with van der Waals surface area (Å²) in [6, 6.07) is 6.69. The summed E-state index contributed by atoms with van der Waals surface area (Å²) >= 11 is 0. The summed E-state index contributed by atoms with van der Waals surface area (Å²) in [5.41, 5.74) is 0.435. The molecular formula is C14H19F3IN3. The number of hydrogen-bond acceptors (Lipinski definition) is 1. The monoisotopic (exact) mass is 413 g/mol. The highest BCUT2D eigenvalue weighted by molar-refractivity contribution is 14.0. The number of nitrogens with zero attached hydrogens (tertiary/aromatic N) is 1. The third-order valence-electron chi connectivity index (χ3n) is 3.54. The summed E-state index contributed by atoms with van der Waals surface area (Å²) in [5.74, 6) is 0.0928. The molecule has 0 aliphatic heterocycles. The van der Waals surface area contributed by atoms with Gasteiger partial charge in [0.1, 0.15) is 5.82 Å². The molecular weight excluding hydrogens is 394 g/mol. The molecule has 1 fully saturated rings. The second kappa shape index (κ2) is 7.86. The molecule has 2 N–H and O–H groups in total. The minimum atomic E-state index is -2.44. The second-order valence-corrected chi connectivity index (χ2v) is 4.96. The molecule has 0 heterocycles. The summed E-state index contributed by atoms with van der Waals surface area (Å²) in [6.45, 7) is 0.0310. The molecule has 1 saturated carbocycles. The highest BCUT2D eigenvalue weighted by Crippen LogP contribution is 2.48. The molecule has 0 atom stereocenters. The summed E-state index contributed by atoms with van der Waals surface area (Å²) in [4.78, 5) is 3.87. The smallest absolute Gasteiger partial charge is 0.255 e. The average Bonchev–Trinajstić information content (AvgIpc) is 3.20. The first-order valence-corrected chi connectivity index (χ1v) is 6.55. The van der Waals surface area contributed by atoms with Crippen molar-refractivity contribution in [1.29, 1.82) is 0 Å². The number of aliphatic imine (C=N–C) groups is 1. The van der Waals surface area contributed by atoms with Crippen LogP contribution in [0, 0.1) is 5.82 Å². The summed E-state index contributed by atoms with van der Waals surface area (Å²) in [5, 5.41) is 5.52. The van der Waals surface area contributed by atoms with Gasteiger partial charge in [0.2, 0.25) is 0 Å². The van der Waals surface area contributed by atoms with E-state index >= 15 is 0 Å². The van der Waals surface area contributed by atoms with Crippen LogP contribution in [0.5, 0.6) is 0 Å². The van der Waals surface area contributed by atoms with Crippen molar-refractivity contribution >= 4 is 29.9 Å². The number of hydrogen-bond donors (Lipinski definition) is 2. The number of rotatable bonds is 5. The van der Waals surface area contributed by atoms with Crippen molar-refractivity contribution in [3.8, 4) is 0 Å². The van der Waals surface area contributed by atoms with Crippen LogP contribution in [0.25, 0.3) is 0 Å². The number of halogens is 4. The number of nitrogens with one attached hydrogen (secondary N) is 2. The number of benzene rings is 1. The fourth-order valence-corrected chi connectivity index (χ4v) is 2.23. The normalized spacial score (nSPS) is 16.3. The fraction of sp³-hybridized carbons (Fsp3) is 0.500. The zero-order valence-corrected chi connectivity index (χ0v) is 14.0. The first kappa shape index (κ1) is 18.1. The SMILES string of the molecule is CN=C(NCC(F)F)NCC1(c2ccccc2F)CC1.I. The van der Waals surface area contributed by atoms with Crippen molar-refractivity contribution in [2.24, 2.45) is 4.99 Å². The van der Waals surface area contributed by atoms with E-state index in [1.165, 1.54) is 13.1 Å². The van der Waals surface area contributed by atoms with E-state index in [9.17, 15) is 13.2 Å². The third kappa shape index (κ3) is 4.76. The topological polar surface area (TPSA) is 36.4 Å². The van der Waals surface area contributed by atoms with Crippen molar-refractivity contribution in [2.75, 3.05) is 20.1 Å². The predicted molar refractivity (Wildman–Crippen MR) is 88.1 cm³/mol. The minimum absolute atomic E-state index is 0. The van der Waals surface area contributed by atoms with Crippen molar-refractivity contribution < 1.29 is 13.2 Å². The van der Waals surface area contributed by atoms with Gasteiger partial charge in [-0.15, -0.1) is 24.0 Å². The lowest BCUT2D eigenvalue weighted by Gasteiger charge is -2.19. The Balaban J connectivity index is 0.00000220. The van der Waals surface area contributed by atoms with Gasteiger partial charge in [-0.05, 0) is 24.5 Å². The molecule has 1 aliphatic carbocycles. The van der Waals surface area contributed by atoms with Crippen LogP contribution in [-0.4, -0.2) is 32.5 Å². The van der Waals surface area contributed by atoms with E-state index in [1.807, 2.05) is 6.07 Å². The van der Waals surface area contributed by atoms with Crippen molar-refractivity contribution in [3.05, 3.63) is 35.6 Å². The molecule has 118 valence electrons. The standard InChI is InChI=1S/C14H18F3N3.HI/c1-18-13(19-8-12(16)17)20-9-14(6-7-14)10-4-2-3-5-11(10)15;/h2-5,12H,6-9H2,1H3,(H2,18,19,20);1H. The van der Waals surface area contributed by atoms with Crippen LogP contribution in [-0.2, 0) is 5.41 Å². The van der Waals surface area contributed by atoms with Crippen molar-refractivity contribution in [2.45, 2.75) is 24.7 Å². The summed E-state index contributed by atoms with van der Waals surface area (Å²) in [6.07, 6.45) is -0.672. The molecule has 21 heavy (non-hydrogen) atoms. The molecule has 0 bridgehead atoms. The summed E-state index contributed by atoms with van der Waals surface area (Å²) < 4.78 is 38.1. The highest BCUT2D eigenvalue weighted by atomic mass is 127. The van der Waals surface area contributed by atoms with E-state index in [0.29, 0.717) is 18.1 Å². The lowest BCUT2D eigenvalue weighted by Crippen LogP contribution is -2.43. The van der Waals surface area contributed by atoms with Gasteiger partial charge in [0.25, 0.3) is 6.43 Å². The Bertz CT molecular complexity index is 490. The number of guanidine groups is 1. The van der Waals surface area contributed by atoms with Crippen LogP contribution in [0.4, 0.5) is 13.2 Å². The van der Waals surface area contributed by atoms with E-state index in [-0.39, 0.29) is 35.2 Å². The third-order valence-corrected chi connectivity index (χ3v) is 3.54. The van der Waals surface area contributed by atoms with E-state index in [4.69, 9.17) is 0 Å². The van der Waals surface area contributed by atoms with Crippen molar-refractivity contribution in [1.82, 2.24) is 10.6 Å². The zero-order valence-electron chi connectivity index (χ0n) is 11.7. The Labute approximate surface area is 139 Å². The molecule has 0 unspecified atom stereocenters. The fourth-order valence-electron chi connectivity index (χ4n) is 2.23. The van der Waals surface area contributed by atoms with Crippen molar-refractivity contribution in [3.63, 3.8) is 0 Å². The Kier molecular flexibility index (Phi) is 6.76. The van der Waals surface area contributed by atoms with Gasteiger partial charge >= 0.3 is 0 Å². The predicted octanol–water partition coefficient (Wildman–Crippen LogP) is 2.91. The largest absolute Gasteiger partial charge is 0.356 e. The minimum Gasteiger partial charge on any atom is -0.356 e. The quantitative estimate of drug-likeness (QED) is 0.443. The number of alkyl halides is 2. The maximum absolute atomic E-state index is 13.8. The molecule has 0 radical (unpaired) electrons. The van der Waals surface area contributed by atoms with Crippen LogP contribution < -0.4 is 10.6 Å². The second-order valence-electron chi connectivity index (χ2n) is 4.96. The zero-order chi connectivity index (χ0) is 14.6. The first-order valence-electron chi connectivity index (χ1n) is 6.55. The van der Waals surface area contributed by atoms with Gasteiger partial charge in [0.05, 0.1) is 6.54 Å². The van der Waals surface area contributed by atoms with E-state index < -0.39 is 13.0 Å². The maximum atomic E-state index is 13.8. The van der Waals surface area contributed by atoms with Gasteiger partial charge in [0, 0.05) is 19.0 Å². The van der Waals surface area contributed by atoms with E-state index in [1.54, 1.807) is 12.1 Å². The average molecular weight is 413 g/mol. The van der Waals surface area contributed by atoms with Gasteiger partial charge in [-0.2, -0.15) is 0 Å². The lowest BCUT2D eigenvalue weighted by atomic mass is 9.95. The molecule has 0 amide bonds. The van der Waals surface area contributed by atoms with Crippen LogP contribution in [0.3, 0.4) is 0 Å². The molecule has 0 aromatic heterocycles. The van der Waals surface area contributed by atoms with Gasteiger partial charge in [-0.25, -0.2) is 13.2 Å². The molecule has 1 aliphatic rings. The van der Waals surface area contributed by atoms with Crippen LogP contribution in [0.15, 0.2) is 29.3 Å². The van der Waals surface area contributed by atoms with Crippen LogP contribution in [0.2, 0.25) is 0 Å². The molecule has 3 nitrogen and oxygen atoms in total. The Hall–Kier alpha value is -0.990. The first-order chi connectivity index (χ1) is 9.57. The van der Waals surface area contributed by atoms with Crippen LogP contribution >= 0.6 is 24.0 Å². The van der Waals surface area contributed by atoms with Gasteiger partial charge in [-0.3, -0.25) is 4.99 Å². The molecule has 1 aromatic rings.